The molecule has 0 aliphatic carbocycles. The summed E-state index contributed by atoms with van der Waals surface area (Å²) in [4.78, 5) is 0. The summed E-state index contributed by atoms with van der Waals surface area (Å²) in [6.45, 7) is 9.19. The molecular weight excluding hydrogens is 122 g/mol. The first-order valence-electron chi connectivity index (χ1n) is 2.92. The first kappa shape index (κ1) is 8.25. The predicted molar refractivity (Wildman–Crippen MR) is 38.0 cm³/mol. The van der Waals surface area contributed by atoms with Crippen LogP contribution in [0.15, 0.2) is 0 Å². The lowest BCUT2D eigenvalue weighted by molar-refractivity contribution is 0.273. The molecule has 0 saturated carbocycles. The summed E-state index contributed by atoms with van der Waals surface area (Å²) in [5.74, 6) is 0. The van der Waals surface area contributed by atoms with Crippen molar-refractivity contribution < 1.29 is 0 Å². The molecule has 8 heavy (non-hydrogen) atoms. The van der Waals surface area contributed by atoms with Gasteiger partial charge in [-0.15, -0.1) is 0 Å². The molecule has 0 saturated heterocycles. The van der Waals surface area contributed by atoms with Gasteiger partial charge in [-0.25, -0.2) is 4.42 Å². The Balaban J connectivity index is 3.62. The molecule has 0 aromatic carbocycles. The maximum absolute atomic E-state index is 5.77. The van der Waals surface area contributed by atoms with E-state index in [4.69, 9.17) is 11.8 Å². The van der Waals surface area contributed by atoms with Gasteiger partial charge in [0.15, 0.2) is 0 Å². The Morgan fingerprint density at radius 2 is 1.75 bits per heavy atom. The monoisotopic (exact) mass is 135 g/mol. The fourth-order valence-corrected chi connectivity index (χ4v) is 0.474. The van der Waals surface area contributed by atoms with E-state index >= 15 is 0 Å². The van der Waals surface area contributed by atoms with Crippen LogP contribution in [0.4, 0.5) is 0 Å². The van der Waals surface area contributed by atoms with Crippen LogP contribution in [-0.2, 0) is 0 Å². The molecule has 2 heteroatoms. The van der Waals surface area contributed by atoms with Crippen molar-refractivity contribution in [2.45, 2.75) is 33.2 Å². The molecule has 0 bridgehead atoms. The van der Waals surface area contributed by atoms with Gasteiger partial charge in [0.05, 0.1) is 0 Å². The van der Waals surface area contributed by atoms with Crippen molar-refractivity contribution in [3.63, 3.8) is 0 Å². The normalized spacial score (nSPS) is 12.8. The number of halogens is 1. The molecule has 0 fully saturated rings. The molecular formula is C6H14ClN. The lowest BCUT2D eigenvalue weighted by Gasteiger charge is -2.27. The summed E-state index contributed by atoms with van der Waals surface area (Å²) in [6, 6.07) is 0. The third kappa shape index (κ3) is 2.53. The maximum atomic E-state index is 5.77. The fraction of sp³-hybridized carbons (Fsp3) is 1.00. The van der Waals surface area contributed by atoms with Crippen molar-refractivity contribution in [2.24, 2.45) is 0 Å². The van der Waals surface area contributed by atoms with Crippen LogP contribution in [0, 0.1) is 0 Å². The first-order chi connectivity index (χ1) is 3.48. The van der Waals surface area contributed by atoms with E-state index in [0.29, 0.717) is 0 Å². The molecule has 0 radical (unpaired) electrons. The Morgan fingerprint density at radius 1 is 1.38 bits per heavy atom. The number of hydrogen-bond donors (Lipinski definition) is 0. The van der Waals surface area contributed by atoms with Crippen LogP contribution in [-0.4, -0.2) is 16.5 Å². The smallest absolute Gasteiger partial charge is 0.0277 e. The van der Waals surface area contributed by atoms with E-state index in [1.54, 1.807) is 4.42 Å². The highest BCUT2D eigenvalue weighted by Gasteiger charge is 2.16. The zero-order valence-corrected chi connectivity index (χ0v) is 6.79. The average Bonchev–Trinajstić information content (AvgIpc) is 1.62. The molecule has 0 amide bonds. The van der Waals surface area contributed by atoms with E-state index in [0.717, 1.165) is 6.54 Å². The Kier molecular flexibility index (Phi) is 2.78. The van der Waals surface area contributed by atoms with Gasteiger partial charge in [0.2, 0.25) is 0 Å². The van der Waals surface area contributed by atoms with Gasteiger partial charge in [0.1, 0.15) is 0 Å². The van der Waals surface area contributed by atoms with Crippen molar-refractivity contribution in [1.29, 1.82) is 0 Å². The van der Waals surface area contributed by atoms with Gasteiger partial charge in [-0.3, -0.25) is 0 Å². The Morgan fingerprint density at radius 3 is 1.75 bits per heavy atom. The van der Waals surface area contributed by atoms with E-state index in [9.17, 15) is 0 Å². The van der Waals surface area contributed by atoms with E-state index in [1.807, 2.05) is 6.92 Å². The predicted octanol–water partition coefficient (Wildman–Crippen LogP) is 2.26. The van der Waals surface area contributed by atoms with Crippen LogP contribution >= 0.6 is 11.8 Å². The van der Waals surface area contributed by atoms with Crippen LogP contribution in [0.3, 0.4) is 0 Å². The van der Waals surface area contributed by atoms with Crippen molar-refractivity contribution in [2.75, 3.05) is 6.54 Å². The summed E-state index contributed by atoms with van der Waals surface area (Å²) in [6.07, 6.45) is 0. The lowest BCUT2D eigenvalue weighted by atomic mass is 10.1. The summed E-state index contributed by atoms with van der Waals surface area (Å²) < 4.78 is 1.78. The van der Waals surface area contributed by atoms with Crippen molar-refractivity contribution in [1.82, 2.24) is 4.42 Å². The number of hydrogen-bond acceptors (Lipinski definition) is 1. The molecule has 50 valence electrons. The highest BCUT2D eigenvalue weighted by molar-refractivity contribution is 6.13. The SMILES string of the molecule is CCN(Cl)C(C)(C)C. The second-order valence-electron chi connectivity index (χ2n) is 2.85. The second kappa shape index (κ2) is 2.70. The largest absolute Gasteiger partial charge is 0.215 e. The van der Waals surface area contributed by atoms with Gasteiger partial charge in [-0.1, -0.05) is 6.92 Å². The Hall–Kier alpha value is 0.250. The quantitative estimate of drug-likeness (QED) is 0.499. The molecule has 0 aliphatic heterocycles. The minimum absolute atomic E-state index is 0.107. The summed E-state index contributed by atoms with van der Waals surface area (Å²) >= 11 is 5.77. The first-order valence-corrected chi connectivity index (χ1v) is 3.25. The third-order valence-electron chi connectivity index (χ3n) is 1.01. The van der Waals surface area contributed by atoms with E-state index in [1.165, 1.54) is 0 Å². The third-order valence-corrected chi connectivity index (χ3v) is 1.75. The van der Waals surface area contributed by atoms with Gasteiger partial charge in [0.25, 0.3) is 0 Å². The molecule has 0 aromatic rings. The molecule has 1 nitrogen and oxygen atoms in total. The van der Waals surface area contributed by atoms with Gasteiger partial charge >= 0.3 is 0 Å². The number of nitrogens with zero attached hydrogens (tertiary/aromatic N) is 1. The van der Waals surface area contributed by atoms with Crippen molar-refractivity contribution in [3.05, 3.63) is 0 Å². The molecule has 0 unspecified atom stereocenters. The van der Waals surface area contributed by atoms with Crippen LogP contribution < -0.4 is 0 Å². The van der Waals surface area contributed by atoms with Gasteiger partial charge in [-0.05, 0) is 32.5 Å². The Bertz CT molecular complexity index is 65.4. The molecule has 0 heterocycles. The Labute approximate surface area is 56.7 Å². The molecule has 0 aromatic heterocycles. The van der Waals surface area contributed by atoms with Crippen LogP contribution in [0.5, 0.6) is 0 Å². The second-order valence-corrected chi connectivity index (χ2v) is 3.26. The minimum atomic E-state index is 0.107. The lowest BCUT2D eigenvalue weighted by Crippen LogP contribution is -2.33. The molecule has 0 spiro atoms. The van der Waals surface area contributed by atoms with Crippen molar-refractivity contribution in [3.8, 4) is 0 Å². The fourth-order valence-electron chi connectivity index (χ4n) is 0.474. The van der Waals surface area contributed by atoms with Gasteiger partial charge < -0.3 is 0 Å². The minimum Gasteiger partial charge on any atom is -0.215 e. The molecule has 0 rings (SSSR count). The van der Waals surface area contributed by atoms with E-state index in [-0.39, 0.29) is 5.54 Å². The van der Waals surface area contributed by atoms with Crippen LogP contribution in [0.1, 0.15) is 27.7 Å². The summed E-state index contributed by atoms with van der Waals surface area (Å²) in [5.41, 5.74) is 0.107. The molecule has 0 aliphatic rings. The highest BCUT2D eigenvalue weighted by atomic mass is 35.5. The van der Waals surface area contributed by atoms with Gasteiger partial charge in [0, 0.05) is 12.1 Å². The summed E-state index contributed by atoms with van der Waals surface area (Å²) in [7, 11) is 0. The average molecular weight is 136 g/mol. The highest BCUT2D eigenvalue weighted by Crippen LogP contribution is 2.13. The van der Waals surface area contributed by atoms with E-state index in [2.05, 4.69) is 20.8 Å². The maximum Gasteiger partial charge on any atom is 0.0277 e. The standard InChI is InChI=1S/C6H14ClN/c1-5-8(7)6(2,3)4/h5H2,1-4H3. The van der Waals surface area contributed by atoms with Crippen LogP contribution in [0.25, 0.3) is 0 Å². The zero-order valence-electron chi connectivity index (χ0n) is 6.03. The zero-order chi connectivity index (χ0) is 6.78. The number of rotatable bonds is 1. The van der Waals surface area contributed by atoms with Gasteiger partial charge in [-0.2, -0.15) is 0 Å². The topological polar surface area (TPSA) is 3.24 Å². The van der Waals surface area contributed by atoms with Crippen molar-refractivity contribution >= 4 is 11.8 Å². The van der Waals surface area contributed by atoms with E-state index < -0.39 is 0 Å². The van der Waals surface area contributed by atoms with Crippen LogP contribution in [0.2, 0.25) is 0 Å². The summed E-state index contributed by atoms with van der Waals surface area (Å²) in [5, 5.41) is 0. The molecule has 0 N–H and O–H groups in total. The molecule has 0 atom stereocenters.